The SMILES string of the molecule is COc1ccc(/C(O)=C2/C(=O)C(=O)N(CCCN(C)C)C2c2ccc(O)cc2)c(C)c1. The second-order valence-electron chi connectivity index (χ2n) is 7.92. The van der Waals surface area contributed by atoms with E-state index in [9.17, 15) is 19.8 Å². The van der Waals surface area contributed by atoms with E-state index in [1.165, 1.54) is 17.0 Å². The monoisotopic (exact) mass is 424 g/mol. The predicted molar refractivity (Wildman–Crippen MR) is 118 cm³/mol. The van der Waals surface area contributed by atoms with E-state index in [1.807, 2.05) is 19.0 Å². The number of carbonyl (C=O) groups excluding carboxylic acids is 2. The summed E-state index contributed by atoms with van der Waals surface area (Å²) >= 11 is 0. The lowest BCUT2D eigenvalue weighted by Gasteiger charge is -2.26. The average molecular weight is 424 g/mol. The lowest BCUT2D eigenvalue weighted by molar-refractivity contribution is -0.139. The van der Waals surface area contributed by atoms with Crippen molar-refractivity contribution in [1.82, 2.24) is 9.80 Å². The fourth-order valence-electron chi connectivity index (χ4n) is 3.85. The molecular weight excluding hydrogens is 396 g/mol. The van der Waals surface area contributed by atoms with Crippen LogP contribution >= 0.6 is 0 Å². The van der Waals surface area contributed by atoms with Gasteiger partial charge in [-0.3, -0.25) is 9.59 Å². The topological polar surface area (TPSA) is 90.3 Å². The highest BCUT2D eigenvalue weighted by Crippen LogP contribution is 2.40. The second kappa shape index (κ2) is 9.22. The van der Waals surface area contributed by atoms with Crippen LogP contribution in [0.1, 0.15) is 29.2 Å². The minimum atomic E-state index is -0.732. The van der Waals surface area contributed by atoms with Crippen LogP contribution in [-0.4, -0.2) is 66.0 Å². The Hall–Kier alpha value is -3.32. The van der Waals surface area contributed by atoms with Gasteiger partial charge in [0.15, 0.2) is 0 Å². The zero-order valence-corrected chi connectivity index (χ0v) is 18.3. The number of carbonyl (C=O) groups is 2. The molecule has 0 bridgehead atoms. The molecule has 7 heteroatoms. The molecule has 3 rings (SSSR count). The largest absolute Gasteiger partial charge is 0.508 e. The minimum absolute atomic E-state index is 0.0498. The molecule has 164 valence electrons. The number of phenols is 1. The van der Waals surface area contributed by atoms with Crippen molar-refractivity contribution in [1.29, 1.82) is 0 Å². The summed E-state index contributed by atoms with van der Waals surface area (Å²) in [4.78, 5) is 29.4. The Morgan fingerprint density at radius 1 is 1.13 bits per heavy atom. The quantitative estimate of drug-likeness (QED) is 0.403. The fraction of sp³-hybridized carbons (Fsp3) is 0.333. The number of hydrogen-bond acceptors (Lipinski definition) is 6. The molecule has 1 unspecified atom stereocenters. The smallest absolute Gasteiger partial charge is 0.295 e. The molecule has 1 fully saturated rings. The zero-order chi connectivity index (χ0) is 22.7. The fourth-order valence-corrected chi connectivity index (χ4v) is 3.85. The normalized spacial score (nSPS) is 18.1. The van der Waals surface area contributed by atoms with Crippen LogP contribution in [-0.2, 0) is 9.59 Å². The van der Waals surface area contributed by atoms with Gasteiger partial charge in [0.2, 0.25) is 0 Å². The van der Waals surface area contributed by atoms with Gasteiger partial charge in [-0.1, -0.05) is 12.1 Å². The number of ketones is 1. The number of hydrogen-bond donors (Lipinski definition) is 2. The number of likely N-dealkylation sites (tertiary alicyclic amines) is 1. The molecule has 31 heavy (non-hydrogen) atoms. The summed E-state index contributed by atoms with van der Waals surface area (Å²) in [5, 5.41) is 20.8. The summed E-state index contributed by atoms with van der Waals surface area (Å²) in [7, 11) is 5.44. The van der Waals surface area contributed by atoms with Crippen LogP contribution in [0.15, 0.2) is 48.0 Å². The molecule has 0 aliphatic carbocycles. The molecule has 1 aliphatic rings. The number of ether oxygens (including phenoxy) is 1. The number of aliphatic hydroxyl groups excluding tert-OH is 1. The highest BCUT2D eigenvalue weighted by Gasteiger charge is 2.45. The summed E-state index contributed by atoms with van der Waals surface area (Å²) in [6, 6.07) is 10.8. The maximum absolute atomic E-state index is 13.0. The summed E-state index contributed by atoms with van der Waals surface area (Å²) in [5.74, 6) is -0.848. The average Bonchev–Trinajstić information content (AvgIpc) is 2.98. The molecule has 1 atom stereocenters. The highest BCUT2D eigenvalue weighted by molar-refractivity contribution is 6.46. The first-order chi connectivity index (χ1) is 14.7. The Bertz CT molecular complexity index is 1010. The van der Waals surface area contributed by atoms with Crippen molar-refractivity contribution in [3.8, 4) is 11.5 Å². The van der Waals surface area contributed by atoms with Crippen molar-refractivity contribution in [3.63, 3.8) is 0 Å². The molecule has 0 spiro atoms. The predicted octanol–water partition coefficient (Wildman–Crippen LogP) is 3.08. The van der Waals surface area contributed by atoms with E-state index < -0.39 is 17.7 Å². The maximum atomic E-state index is 13.0. The van der Waals surface area contributed by atoms with Crippen molar-refractivity contribution in [2.75, 3.05) is 34.3 Å². The molecule has 0 saturated carbocycles. The lowest BCUT2D eigenvalue weighted by atomic mass is 9.94. The number of phenolic OH excluding ortho intramolecular Hbond substituents is 1. The van der Waals surface area contributed by atoms with Crippen molar-refractivity contribution >= 4 is 17.4 Å². The van der Waals surface area contributed by atoms with Gasteiger partial charge in [0.25, 0.3) is 11.7 Å². The third-order valence-electron chi connectivity index (χ3n) is 5.44. The lowest BCUT2D eigenvalue weighted by Crippen LogP contribution is -2.32. The number of aliphatic hydroxyl groups is 1. The summed E-state index contributed by atoms with van der Waals surface area (Å²) in [6.45, 7) is 2.93. The molecule has 0 radical (unpaired) electrons. The Morgan fingerprint density at radius 2 is 1.81 bits per heavy atom. The van der Waals surface area contributed by atoms with E-state index in [1.54, 1.807) is 44.4 Å². The van der Waals surface area contributed by atoms with Gasteiger partial charge >= 0.3 is 0 Å². The first-order valence-electron chi connectivity index (χ1n) is 10.1. The molecule has 2 aromatic carbocycles. The molecule has 1 heterocycles. The minimum Gasteiger partial charge on any atom is -0.508 e. The van der Waals surface area contributed by atoms with Gasteiger partial charge in [-0.2, -0.15) is 0 Å². The Labute approximate surface area is 182 Å². The molecule has 1 aliphatic heterocycles. The van der Waals surface area contributed by atoms with Crippen LogP contribution in [0.4, 0.5) is 0 Å². The third kappa shape index (κ3) is 4.56. The van der Waals surface area contributed by atoms with E-state index >= 15 is 0 Å². The highest BCUT2D eigenvalue weighted by atomic mass is 16.5. The standard InChI is InChI=1S/C24H28N2O5/c1-15-14-18(31-4)10-11-19(15)22(28)20-21(16-6-8-17(27)9-7-16)26(24(30)23(20)29)13-5-12-25(2)3/h6-11,14,21,27-28H,5,12-13H2,1-4H3/b22-20-. The number of rotatable bonds is 7. The summed E-state index contributed by atoms with van der Waals surface area (Å²) in [5.41, 5.74) is 1.89. The first-order valence-corrected chi connectivity index (χ1v) is 10.1. The van der Waals surface area contributed by atoms with Crippen molar-refractivity contribution < 1.29 is 24.5 Å². The number of aromatic hydroxyl groups is 1. The van der Waals surface area contributed by atoms with Crippen LogP contribution in [0, 0.1) is 6.92 Å². The number of aryl methyl sites for hydroxylation is 1. The van der Waals surface area contributed by atoms with E-state index in [4.69, 9.17) is 4.74 Å². The number of nitrogens with zero attached hydrogens (tertiary/aromatic N) is 2. The number of methoxy groups -OCH3 is 1. The van der Waals surface area contributed by atoms with Crippen LogP contribution in [0.2, 0.25) is 0 Å². The molecule has 1 saturated heterocycles. The van der Waals surface area contributed by atoms with E-state index in [2.05, 4.69) is 0 Å². The molecular formula is C24H28N2O5. The van der Waals surface area contributed by atoms with Gasteiger partial charge in [-0.25, -0.2) is 0 Å². The molecule has 7 nitrogen and oxygen atoms in total. The van der Waals surface area contributed by atoms with Crippen molar-refractivity contribution in [3.05, 3.63) is 64.7 Å². The van der Waals surface area contributed by atoms with E-state index in [-0.39, 0.29) is 17.1 Å². The third-order valence-corrected chi connectivity index (χ3v) is 5.44. The van der Waals surface area contributed by atoms with Crippen molar-refractivity contribution in [2.45, 2.75) is 19.4 Å². The van der Waals surface area contributed by atoms with Crippen molar-refractivity contribution in [2.24, 2.45) is 0 Å². The van der Waals surface area contributed by atoms with E-state index in [0.29, 0.717) is 29.8 Å². The second-order valence-corrected chi connectivity index (χ2v) is 7.92. The number of Topliss-reactive ketones (excluding diaryl/α,β-unsaturated/α-hetero) is 1. The van der Waals surface area contributed by atoms with Gasteiger partial charge in [-0.05, 0) is 75.4 Å². The first kappa shape index (κ1) is 22.4. The Kier molecular flexibility index (Phi) is 6.65. The van der Waals surface area contributed by atoms with Gasteiger partial charge in [-0.15, -0.1) is 0 Å². The molecule has 1 amide bonds. The number of benzene rings is 2. The van der Waals surface area contributed by atoms with Crippen LogP contribution in [0.25, 0.3) is 5.76 Å². The van der Waals surface area contributed by atoms with Crippen LogP contribution < -0.4 is 4.74 Å². The van der Waals surface area contributed by atoms with Gasteiger partial charge in [0.1, 0.15) is 17.3 Å². The maximum Gasteiger partial charge on any atom is 0.295 e. The van der Waals surface area contributed by atoms with Gasteiger partial charge in [0.05, 0.1) is 18.7 Å². The molecule has 0 aromatic heterocycles. The number of amides is 1. The zero-order valence-electron chi connectivity index (χ0n) is 18.3. The molecule has 2 N–H and O–H groups in total. The Balaban J connectivity index is 2.11. The van der Waals surface area contributed by atoms with Gasteiger partial charge < -0.3 is 24.7 Å². The Morgan fingerprint density at radius 3 is 2.39 bits per heavy atom. The van der Waals surface area contributed by atoms with Crippen LogP contribution in [0.5, 0.6) is 11.5 Å². The summed E-state index contributed by atoms with van der Waals surface area (Å²) < 4.78 is 5.22. The van der Waals surface area contributed by atoms with Crippen LogP contribution in [0.3, 0.4) is 0 Å². The van der Waals surface area contributed by atoms with E-state index in [0.717, 1.165) is 12.1 Å². The molecule has 2 aromatic rings. The van der Waals surface area contributed by atoms with Gasteiger partial charge in [0, 0.05) is 12.1 Å². The summed E-state index contributed by atoms with van der Waals surface area (Å²) in [6.07, 6.45) is 0.677.